The SMILES string of the molecule is O=C(O)c1cnn(-c2cccc(-c3ccccc3OCc3ccc(-c4ccccc4)cc3)n2)c1C(F)(F)F. The second-order valence-corrected chi connectivity index (χ2v) is 8.35. The first-order chi connectivity index (χ1) is 18.3. The van der Waals surface area contributed by atoms with E-state index in [1.54, 1.807) is 30.3 Å². The van der Waals surface area contributed by atoms with Crippen LogP contribution in [0.3, 0.4) is 0 Å². The molecule has 6 nitrogen and oxygen atoms in total. The molecule has 0 spiro atoms. The van der Waals surface area contributed by atoms with Crippen LogP contribution in [-0.4, -0.2) is 25.8 Å². The Balaban J connectivity index is 1.41. The van der Waals surface area contributed by atoms with Gasteiger partial charge in [0.05, 0.1) is 11.9 Å². The predicted octanol–water partition coefficient (Wildman–Crippen LogP) is 6.90. The van der Waals surface area contributed by atoms with Crippen LogP contribution in [0.25, 0.3) is 28.2 Å². The first-order valence-electron chi connectivity index (χ1n) is 11.5. The standard InChI is InChI=1S/C29H20F3N3O3/c30-29(31,32)27-23(28(36)37)17-33-35(27)26-12-6-10-24(34-26)22-9-4-5-11-25(22)38-18-19-13-15-21(16-14-19)20-7-2-1-3-8-20/h1-17H,18H2,(H,36,37). The van der Waals surface area contributed by atoms with E-state index < -0.39 is 23.4 Å². The lowest BCUT2D eigenvalue weighted by molar-refractivity contribution is -0.143. The Labute approximate surface area is 215 Å². The third kappa shape index (κ3) is 5.12. The van der Waals surface area contributed by atoms with E-state index in [9.17, 15) is 23.1 Å². The summed E-state index contributed by atoms with van der Waals surface area (Å²) in [5, 5.41) is 12.9. The second-order valence-electron chi connectivity index (χ2n) is 8.35. The summed E-state index contributed by atoms with van der Waals surface area (Å²) >= 11 is 0. The van der Waals surface area contributed by atoms with Crippen LogP contribution in [0.5, 0.6) is 5.75 Å². The van der Waals surface area contributed by atoms with Crippen LogP contribution in [0.15, 0.2) is 103 Å². The summed E-state index contributed by atoms with van der Waals surface area (Å²) in [6.45, 7) is 0.269. The minimum atomic E-state index is -4.95. The first kappa shape index (κ1) is 24.8. The monoisotopic (exact) mass is 515 g/mol. The number of pyridine rings is 1. The summed E-state index contributed by atoms with van der Waals surface area (Å²) in [5.41, 5.74) is 1.68. The van der Waals surface area contributed by atoms with Crippen LogP contribution in [-0.2, 0) is 12.8 Å². The van der Waals surface area contributed by atoms with Crippen molar-refractivity contribution in [3.8, 4) is 34.0 Å². The zero-order valence-electron chi connectivity index (χ0n) is 19.8. The Morgan fingerprint density at radius 1 is 0.842 bits per heavy atom. The van der Waals surface area contributed by atoms with Gasteiger partial charge in [0.2, 0.25) is 0 Å². The number of nitrogens with zero attached hydrogens (tertiary/aromatic N) is 3. The Morgan fingerprint density at radius 2 is 1.53 bits per heavy atom. The van der Waals surface area contributed by atoms with E-state index in [1.807, 2.05) is 54.6 Å². The summed E-state index contributed by atoms with van der Waals surface area (Å²) in [7, 11) is 0. The number of alkyl halides is 3. The molecule has 0 radical (unpaired) electrons. The van der Waals surface area contributed by atoms with Gasteiger partial charge in [0.15, 0.2) is 11.5 Å². The molecule has 0 bridgehead atoms. The zero-order chi connectivity index (χ0) is 26.7. The fourth-order valence-corrected chi connectivity index (χ4v) is 4.03. The van der Waals surface area contributed by atoms with Gasteiger partial charge in [-0.05, 0) is 41.0 Å². The van der Waals surface area contributed by atoms with Gasteiger partial charge in [0.1, 0.15) is 17.9 Å². The fourth-order valence-electron chi connectivity index (χ4n) is 4.03. The normalized spacial score (nSPS) is 11.3. The number of halogens is 3. The van der Waals surface area contributed by atoms with E-state index in [-0.39, 0.29) is 12.4 Å². The maximum Gasteiger partial charge on any atom is 0.434 e. The average molecular weight is 515 g/mol. The van der Waals surface area contributed by atoms with E-state index in [2.05, 4.69) is 10.1 Å². The summed E-state index contributed by atoms with van der Waals surface area (Å²) < 4.78 is 47.6. The van der Waals surface area contributed by atoms with Gasteiger partial charge in [-0.3, -0.25) is 0 Å². The van der Waals surface area contributed by atoms with Crippen LogP contribution in [0.2, 0.25) is 0 Å². The number of carbonyl (C=O) groups is 1. The lowest BCUT2D eigenvalue weighted by Gasteiger charge is -2.14. The molecule has 5 aromatic rings. The minimum absolute atomic E-state index is 0.173. The molecule has 0 amide bonds. The molecule has 5 rings (SSSR count). The summed E-state index contributed by atoms with van der Waals surface area (Å²) in [6.07, 6.45) is -4.28. The molecule has 0 saturated carbocycles. The molecule has 0 aliphatic rings. The molecule has 9 heteroatoms. The van der Waals surface area contributed by atoms with Gasteiger partial charge in [-0.1, -0.05) is 72.8 Å². The first-order valence-corrected chi connectivity index (χ1v) is 11.5. The summed E-state index contributed by atoms with van der Waals surface area (Å²) in [4.78, 5) is 15.7. The zero-order valence-corrected chi connectivity index (χ0v) is 19.8. The van der Waals surface area contributed by atoms with Crippen molar-refractivity contribution in [1.82, 2.24) is 14.8 Å². The van der Waals surface area contributed by atoms with Gasteiger partial charge in [-0.2, -0.15) is 18.3 Å². The topological polar surface area (TPSA) is 77.2 Å². The highest BCUT2D eigenvalue weighted by Gasteiger charge is 2.41. The Kier molecular flexibility index (Phi) is 6.66. The third-order valence-electron chi connectivity index (χ3n) is 5.84. The number of aromatic nitrogens is 3. The molecule has 0 saturated heterocycles. The number of aromatic carboxylic acids is 1. The van der Waals surface area contributed by atoms with E-state index in [0.717, 1.165) is 16.7 Å². The van der Waals surface area contributed by atoms with Gasteiger partial charge in [-0.25, -0.2) is 14.5 Å². The number of carboxylic acids is 1. The molecule has 1 N–H and O–H groups in total. The molecular formula is C29H20F3N3O3. The van der Waals surface area contributed by atoms with E-state index in [0.29, 0.717) is 27.9 Å². The van der Waals surface area contributed by atoms with Gasteiger partial charge in [-0.15, -0.1) is 0 Å². The van der Waals surface area contributed by atoms with Crippen LogP contribution in [0, 0.1) is 0 Å². The third-order valence-corrected chi connectivity index (χ3v) is 5.84. The molecule has 0 fully saturated rings. The number of para-hydroxylation sites is 1. The second kappa shape index (κ2) is 10.2. The van der Waals surface area contributed by atoms with Crippen molar-refractivity contribution in [1.29, 1.82) is 0 Å². The number of carboxylic acid groups (broad SMARTS) is 1. The highest BCUT2D eigenvalue weighted by atomic mass is 19.4. The van der Waals surface area contributed by atoms with Gasteiger partial charge in [0, 0.05) is 5.56 Å². The molecule has 0 unspecified atom stereocenters. The Bertz CT molecular complexity index is 1580. The van der Waals surface area contributed by atoms with Crippen molar-refractivity contribution in [2.45, 2.75) is 12.8 Å². The number of benzene rings is 3. The molecule has 3 aromatic carbocycles. The van der Waals surface area contributed by atoms with Crippen molar-refractivity contribution >= 4 is 5.97 Å². The lowest BCUT2D eigenvalue weighted by Crippen LogP contribution is -2.18. The number of hydrogen-bond acceptors (Lipinski definition) is 4. The van der Waals surface area contributed by atoms with Crippen LogP contribution < -0.4 is 4.74 Å². The number of ether oxygens (including phenoxy) is 1. The van der Waals surface area contributed by atoms with Crippen molar-refractivity contribution in [3.63, 3.8) is 0 Å². The molecule has 2 aromatic heterocycles. The van der Waals surface area contributed by atoms with Gasteiger partial charge >= 0.3 is 12.1 Å². The maximum absolute atomic E-state index is 13.7. The highest BCUT2D eigenvalue weighted by molar-refractivity contribution is 5.89. The van der Waals surface area contributed by atoms with E-state index in [4.69, 9.17) is 4.74 Å². The smallest absolute Gasteiger partial charge is 0.434 e. The predicted molar refractivity (Wildman–Crippen MR) is 135 cm³/mol. The van der Waals surface area contributed by atoms with Crippen LogP contribution in [0.1, 0.15) is 21.6 Å². The Hall–Kier alpha value is -4.92. The van der Waals surface area contributed by atoms with Gasteiger partial charge < -0.3 is 9.84 Å². The molecular weight excluding hydrogens is 495 g/mol. The molecule has 0 atom stereocenters. The van der Waals surface area contributed by atoms with Crippen molar-refractivity contribution in [3.05, 3.63) is 120 Å². The molecule has 0 aliphatic heterocycles. The summed E-state index contributed by atoms with van der Waals surface area (Å²) in [5.74, 6) is -1.41. The van der Waals surface area contributed by atoms with Crippen molar-refractivity contribution in [2.24, 2.45) is 0 Å². The molecule has 2 heterocycles. The number of rotatable bonds is 7. The fraction of sp³-hybridized carbons (Fsp3) is 0.0690. The van der Waals surface area contributed by atoms with Crippen molar-refractivity contribution < 1.29 is 27.8 Å². The average Bonchev–Trinajstić information content (AvgIpc) is 3.40. The maximum atomic E-state index is 13.7. The molecule has 38 heavy (non-hydrogen) atoms. The highest BCUT2D eigenvalue weighted by Crippen LogP contribution is 2.35. The van der Waals surface area contributed by atoms with Gasteiger partial charge in [0.25, 0.3) is 0 Å². The van der Waals surface area contributed by atoms with E-state index >= 15 is 0 Å². The van der Waals surface area contributed by atoms with Crippen LogP contribution in [0.4, 0.5) is 13.2 Å². The minimum Gasteiger partial charge on any atom is -0.488 e. The van der Waals surface area contributed by atoms with Crippen LogP contribution >= 0.6 is 0 Å². The van der Waals surface area contributed by atoms with Crippen molar-refractivity contribution in [2.75, 3.05) is 0 Å². The molecule has 0 aliphatic carbocycles. The summed E-state index contributed by atoms with van der Waals surface area (Å²) in [6, 6.07) is 29.5. The molecule has 190 valence electrons. The lowest BCUT2D eigenvalue weighted by atomic mass is 10.0. The van der Waals surface area contributed by atoms with E-state index in [1.165, 1.54) is 12.1 Å². The Morgan fingerprint density at radius 3 is 2.24 bits per heavy atom. The quantitative estimate of drug-likeness (QED) is 0.255. The number of hydrogen-bond donors (Lipinski definition) is 1. The largest absolute Gasteiger partial charge is 0.488 e.